The molecule has 0 aliphatic heterocycles. The van der Waals surface area contributed by atoms with Crippen LogP contribution in [-0.2, 0) is 9.09 Å². The fourth-order valence-electron chi connectivity index (χ4n) is 0.722. The highest BCUT2D eigenvalue weighted by atomic mass is 35.5. The molecule has 0 aliphatic carbocycles. The molecule has 0 heterocycles. The summed E-state index contributed by atoms with van der Waals surface area (Å²) in [5.74, 6) is 0.131. The second-order valence-corrected chi connectivity index (χ2v) is 4.86. The average Bonchev–Trinajstić information content (AvgIpc) is 2.11. The van der Waals surface area contributed by atoms with Crippen molar-refractivity contribution in [1.82, 2.24) is 0 Å². The van der Waals surface area contributed by atoms with Crippen molar-refractivity contribution in [2.24, 2.45) is 5.50 Å². The number of rotatable bonds is 3. The van der Waals surface area contributed by atoms with Crippen LogP contribution in [0.25, 0.3) is 0 Å². The van der Waals surface area contributed by atoms with Gasteiger partial charge >= 0.3 is 7.75 Å². The highest BCUT2D eigenvalue weighted by molar-refractivity contribution is 7.51. The Morgan fingerprint density at radius 1 is 1.43 bits per heavy atom. The van der Waals surface area contributed by atoms with Gasteiger partial charge in [0.2, 0.25) is 0 Å². The lowest BCUT2D eigenvalue weighted by atomic mass is 10.3. The summed E-state index contributed by atoms with van der Waals surface area (Å²) in [5, 5.41) is 0.664. The van der Waals surface area contributed by atoms with Gasteiger partial charge in [0, 0.05) is 18.2 Å². The molecule has 0 fully saturated rings. The molecule has 0 saturated heterocycles. The van der Waals surface area contributed by atoms with E-state index in [1.54, 1.807) is 6.07 Å². The van der Waals surface area contributed by atoms with Crippen LogP contribution in [0.5, 0.6) is 5.75 Å². The predicted octanol–water partition coefficient (Wildman–Crippen LogP) is 3.09. The second kappa shape index (κ2) is 4.51. The molecular weight excluding hydrogens is 248 g/mol. The molecule has 0 radical (unpaired) electrons. The quantitative estimate of drug-likeness (QED) is 0.844. The maximum Gasteiger partial charge on any atom is 0.455 e. The summed E-state index contributed by atoms with van der Waals surface area (Å²) in [5.41, 5.74) is 5.18. The lowest BCUT2D eigenvalue weighted by Gasteiger charge is -2.12. The number of hydrogen-bond acceptors (Lipinski definition) is 3. The molecule has 0 aliphatic rings. The fraction of sp³-hybridized carbons (Fsp3) is 0.143. The topological polar surface area (TPSA) is 61.5 Å². The first-order valence-corrected chi connectivity index (χ1v) is 5.90. The SMILES string of the molecule is COP(N)(=O)Oc1cc(Cl)ccc1Cl. The standard InChI is InChI=1S/C7H8Cl2NO3P/c1-12-14(10,11)13-7-4-5(8)2-3-6(7)9/h2-4H,1H3,(H2,10,11). The molecule has 0 saturated carbocycles. The minimum Gasteiger partial charge on any atom is -0.412 e. The van der Waals surface area contributed by atoms with E-state index in [1.165, 1.54) is 19.2 Å². The number of benzene rings is 1. The van der Waals surface area contributed by atoms with E-state index in [2.05, 4.69) is 4.52 Å². The predicted molar refractivity (Wildman–Crippen MR) is 55.9 cm³/mol. The Bertz CT molecular complexity index is 385. The van der Waals surface area contributed by atoms with E-state index >= 15 is 0 Å². The second-order valence-electron chi connectivity index (χ2n) is 2.39. The molecule has 14 heavy (non-hydrogen) atoms. The van der Waals surface area contributed by atoms with E-state index in [0.717, 1.165) is 0 Å². The molecule has 1 unspecified atom stereocenters. The summed E-state index contributed by atoms with van der Waals surface area (Å²) in [4.78, 5) is 0. The molecule has 1 aromatic carbocycles. The van der Waals surface area contributed by atoms with Crippen LogP contribution in [-0.4, -0.2) is 7.11 Å². The Labute approximate surface area is 91.5 Å². The van der Waals surface area contributed by atoms with Crippen molar-refractivity contribution in [2.75, 3.05) is 7.11 Å². The highest BCUT2D eigenvalue weighted by Gasteiger charge is 2.19. The van der Waals surface area contributed by atoms with E-state index in [9.17, 15) is 4.57 Å². The van der Waals surface area contributed by atoms with Crippen LogP contribution in [0.1, 0.15) is 0 Å². The highest BCUT2D eigenvalue weighted by Crippen LogP contribution is 2.42. The van der Waals surface area contributed by atoms with Gasteiger partial charge in [-0.2, -0.15) is 0 Å². The lowest BCUT2D eigenvalue weighted by Crippen LogP contribution is -2.04. The molecular formula is C7H8Cl2NO3P. The van der Waals surface area contributed by atoms with Crippen LogP contribution in [0, 0.1) is 0 Å². The third-order valence-corrected chi connectivity index (χ3v) is 2.88. The largest absolute Gasteiger partial charge is 0.455 e. The van der Waals surface area contributed by atoms with Crippen LogP contribution in [0.4, 0.5) is 0 Å². The Morgan fingerprint density at radius 3 is 2.64 bits per heavy atom. The van der Waals surface area contributed by atoms with Crippen molar-refractivity contribution in [3.05, 3.63) is 28.2 Å². The summed E-state index contributed by atoms with van der Waals surface area (Å²) in [6.45, 7) is 0. The summed E-state index contributed by atoms with van der Waals surface area (Å²) >= 11 is 11.4. The van der Waals surface area contributed by atoms with Gasteiger partial charge in [-0.25, -0.2) is 10.1 Å². The molecule has 0 aromatic heterocycles. The Morgan fingerprint density at radius 2 is 2.07 bits per heavy atom. The van der Waals surface area contributed by atoms with E-state index in [0.29, 0.717) is 5.02 Å². The molecule has 1 rings (SSSR count). The zero-order valence-corrected chi connectivity index (χ0v) is 9.64. The molecule has 7 heteroatoms. The monoisotopic (exact) mass is 255 g/mol. The van der Waals surface area contributed by atoms with E-state index in [1.807, 2.05) is 0 Å². The van der Waals surface area contributed by atoms with Crippen molar-refractivity contribution in [3.8, 4) is 5.75 Å². The number of hydrogen-bond donors (Lipinski definition) is 1. The maximum atomic E-state index is 11.2. The lowest BCUT2D eigenvalue weighted by molar-refractivity contribution is 0.323. The maximum absolute atomic E-state index is 11.2. The van der Waals surface area contributed by atoms with Crippen LogP contribution in [0.2, 0.25) is 10.0 Å². The third-order valence-electron chi connectivity index (χ3n) is 1.37. The Kier molecular flexibility index (Phi) is 3.81. The average molecular weight is 256 g/mol. The van der Waals surface area contributed by atoms with Gasteiger partial charge in [-0.15, -0.1) is 0 Å². The van der Waals surface area contributed by atoms with Crippen molar-refractivity contribution in [3.63, 3.8) is 0 Å². The Balaban J connectivity index is 2.97. The van der Waals surface area contributed by atoms with Crippen LogP contribution >= 0.6 is 30.9 Å². The van der Waals surface area contributed by atoms with Crippen molar-refractivity contribution in [1.29, 1.82) is 0 Å². The summed E-state index contributed by atoms with van der Waals surface area (Å²) in [6, 6.07) is 4.49. The minimum atomic E-state index is -3.59. The molecule has 4 nitrogen and oxygen atoms in total. The van der Waals surface area contributed by atoms with Gasteiger partial charge in [-0.05, 0) is 12.1 Å². The fourth-order valence-corrected chi connectivity index (χ4v) is 1.59. The smallest absolute Gasteiger partial charge is 0.412 e. The van der Waals surface area contributed by atoms with Gasteiger partial charge < -0.3 is 4.52 Å². The normalized spacial score (nSPS) is 14.9. The van der Waals surface area contributed by atoms with E-state index < -0.39 is 7.75 Å². The van der Waals surface area contributed by atoms with Gasteiger partial charge in [-0.1, -0.05) is 23.2 Å². The molecule has 1 atom stereocenters. The summed E-state index contributed by atoms with van der Waals surface area (Å²) in [7, 11) is -2.41. The van der Waals surface area contributed by atoms with Gasteiger partial charge in [-0.3, -0.25) is 4.52 Å². The van der Waals surface area contributed by atoms with Crippen LogP contribution in [0.3, 0.4) is 0 Å². The van der Waals surface area contributed by atoms with Gasteiger partial charge in [0.15, 0.2) is 5.75 Å². The van der Waals surface area contributed by atoms with Crippen LogP contribution < -0.4 is 10.0 Å². The third kappa shape index (κ3) is 3.15. The van der Waals surface area contributed by atoms with E-state index in [4.69, 9.17) is 33.2 Å². The first-order chi connectivity index (χ1) is 6.44. The first-order valence-electron chi connectivity index (χ1n) is 3.53. The molecule has 0 amide bonds. The molecule has 78 valence electrons. The molecule has 0 bridgehead atoms. The zero-order chi connectivity index (χ0) is 10.8. The zero-order valence-electron chi connectivity index (χ0n) is 7.24. The van der Waals surface area contributed by atoms with Crippen molar-refractivity contribution >= 4 is 30.9 Å². The van der Waals surface area contributed by atoms with E-state index in [-0.39, 0.29) is 10.8 Å². The minimum absolute atomic E-state index is 0.131. The van der Waals surface area contributed by atoms with Crippen molar-refractivity contribution in [2.45, 2.75) is 0 Å². The first kappa shape index (κ1) is 11.8. The molecule has 2 N–H and O–H groups in total. The van der Waals surface area contributed by atoms with Gasteiger partial charge in [0.05, 0.1) is 5.02 Å². The molecule has 0 spiro atoms. The summed E-state index contributed by atoms with van der Waals surface area (Å²) < 4.78 is 20.6. The van der Waals surface area contributed by atoms with Gasteiger partial charge in [0.25, 0.3) is 0 Å². The number of halogens is 2. The number of nitrogens with two attached hydrogens (primary N) is 1. The summed E-state index contributed by atoms with van der Waals surface area (Å²) in [6.07, 6.45) is 0. The Hall–Kier alpha value is -0.250. The van der Waals surface area contributed by atoms with Gasteiger partial charge in [0.1, 0.15) is 0 Å². The van der Waals surface area contributed by atoms with Crippen molar-refractivity contribution < 1.29 is 13.6 Å². The van der Waals surface area contributed by atoms with Crippen LogP contribution in [0.15, 0.2) is 18.2 Å². The molecule has 1 aromatic rings.